The van der Waals surface area contributed by atoms with E-state index in [0.717, 1.165) is 23.7 Å². The summed E-state index contributed by atoms with van der Waals surface area (Å²) >= 11 is 3.58. The lowest BCUT2D eigenvalue weighted by molar-refractivity contribution is -0.00471. The van der Waals surface area contributed by atoms with Gasteiger partial charge >= 0.3 is 0 Å². The van der Waals surface area contributed by atoms with Crippen LogP contribution in [0.15, 0.2) is 28.7 Å². The van der Waals surface area contributed by atoms with Crippen molar-refractivity contribution in [2.24, 2.45) is 16.6 Å². The third-order valence-corrected chi connectivity index (χ3v) is 5.27. The minimum Gasteiger partial charge on any atom is -0.392 e. The fourth-order valence-electron chi connectivity index (χ4n) is 3.17. The summed E-state index contributed by atoms with van der Waals surface area (Å²) in [5.74, 6) is 0. The van der Waals surface area contributed by atoms with Gasteiger partial charge in [0.05, 0.1) is 6.10 Å². The summed E-state index contributed by atoms with van der Waals surface area (Å²) < 4.78 is 1.11. The highest BCUT2D eigenvalue weighted by atomic mass is 79.9. The number of hydrogen-bond donors (Lipinski definition) is 2. The minimum absolute atomic E-state index is 0.0272. The van der Waals surface area contributed by atoms with Crippen LogP contribution in [-0.2, 0) is 6.42 Å². The highest BCUT2D eigenvalue weighted by Gasteiger charge is 2.50. The fraction of sp³-hybridized carbons (Fsp3) is 0.600. The summed E-state index contributed by atoms with van der Waals surface area (Å²) in [5, 5.41) is 10.6. The van der Waals surface area contributed by atoms with Crippen LogP contribution >= 0.6 is 15.9 Å². The number of aliphatic hydroxyl groups excluding tert-OH is 1. The average Bonchev–Trinajstić information content (AvgIpc) is 2.57. The molecule has 0 amide bonds. The lowest BCUT2D eigenvalue weighted by Gasteiger charge is -2.36. The zero-order valence-electron chi connectivity index (χ0n) is 11.1. The van der Waals surface area contributed by atoms with Crippen molar-refractivity contribution < 1.29 is 5.11 Å². The van der Waals surface area contributed by atoms with E-state index < -0.39 is 0 Å². The maximum atomic E-state index is 10.6. The Balaban J connectivity index is 2.28. The molecule has 1 aliphatic rings. The molecule has 2 atom stereocenters. The van der Waals surface area contributed by atoms with Crippen LogP contribution in [-0.4, -0.2) is 17.8 Å². The summed E-state index contributed by atoms with van der Waals surface area (Å²) in [5.41, 5.74) is 7.04. The first kappa shape index (κ1) is 14.0. The molecule has 2 nitrogen and oxygen atoms in total. The molecule has 1 aromatic rings. The zero-order valence-corrected chi connectivity index (χ0v) is 12.7. The van der Waals surface area contributed by atoms with Crippen molar-refractivity contribution in [2.45, 2.75) is 39.2 Å². The second kappa shape index (κ2) is 4.95. The van der Waals surface area contributed by atoms with Crippen LogP contribution in [0.2, 0.25) is 0 Å². The van der Waals surface area contributed by atoms with E-state index in [0.29, 0.717) is 6.54 Å². The largest absolute Gasteiger partial charge is 0.392 e. The van der Waals surface area contributed by atoms with Gasteiger partial charge in [0.15, 0.2) is 0 Å². The molecule has 2 unspecified atom stereocenters. The van der Waals surface area contributed by atoms with Gasteiger partial charge in [0.1, 0.15) is 0 Å². The summed E-state index contributed by atoms with van der Waals surface area (Å²) in [6, 6.07) is 8.21. The van der Waals surface area contributed by atoms with E-state index in [4.69, 9.17) is 5.73 Å². The highest BCUT2D eigenvalue weighted by Crippen LogP contribution is 2.50. The summed E-state index contributed by atoms with van der Waals surface area (Å²) in [6.07, 6.45) is 2.55. The van der Waals surface area contributed by atoms with Crippen LogP contribution < -0.4 is 5.73 Å². The molecule has 1 aliphatic carbocycles. The van der Waals surface area contributed by atoms with Gasteiger partial charge in [-0.25, -0.2) is 0 Å². The van der Waals surface area contributed by atoms with E-state index in [-0.39, 0.29) is 16.9 Å². The van der Waals surface area contributed by atoms with Crippen LogP contribution in [0.5, 0.6) is 0 Å². The molecule has 0 aromatic heterocycles. The van der Waals surface area contributed by atoms with Crippen molar-refractivity contribution in [1.82, 2.24) is 0 Å². The number of halogens is 1. The molecule has 2 rings (SSSR count). The van der Waals surface area contributed by atoms with Crippen molar-refractivity contribution >= 4 is 15.9 Å². The first-order chi connectivity index (χ1) is 8.41. The number of nitrogens with two attached hydrogens (primary N) is 1. The highest BCUT2D eigenvalue weighted by molar-refractivity contribution is 9.10. The van der Waals surface area contributed by atoms with Crippen molar-refractivity contribution in [3.8, 4) is 0 Å². The van der Waals surface area contributed by atoms with E-state index in [2.05, 4.69) is 35.8 Å². The second-order valence-corrected chi connectivity index (χ2v) is 7.08. The van der Waals surface area contributed by atoms with Gasteiger partial charge in [-0.15, -0.1) is 0 Å². The molecule has 0 heterocycles. The van der Waals surface area contributed by atoms with Gasteiger partial charge in [-0.2, -0.15) is 0 Å². The first-order valence-electron chi connectivity index (χ1n) is 6.53. The minimum atomic E-state index is -0.331. The van der Waals surface area contributed by atoms with Gasteiger partial charge in [-0.3, -0.25) is 0 Å². The Morgan fingerprint density at radius 1 is 1.33 bits per heavy atom. The molecule has 0 aliphatic heterocycles. The van der Waals surface area contributed by atoms with Crippen molar-refractivity contribution in [2.75, 3.05) is 6.54 Å². The Morgan fingerprint density at radius 3 is 2.50 bits per heavy atom. The molecule has 0 saturated heterocycles. The van der Waals surface area contributed by atoms with E-state index in [1.165, 1.54) is 5.56 Å². The molecular formula is C15H22BrNO. The molecule has 0 bridgehead atoms. The van der Waals surface area contributed by atoms with Crippen molar-refractivity contribution in [1.29, 1.82) is 0 Å². The lowest BCUT2D eigenvalue weighted by atomic mass is 9.74. The molecule has 18 heavy (non-hydrogen) atoms. The smallest absolute Gasteiger partial charge is 0.0662 e. The maximum Gasteiger partial charge on any atom is 0.0662 e. The Labute approximate surface area is 118 Å². The third-order valence-electron chi connectivity index (χ3n) is 4.49. The summed E-state index contributed by atoms with van der Waals surface area (Å²) in [4.78, 5) is 0. The molecule has 3 N–H and O–H groups in total. The normalized spacial score (nSPS) is 30.6. The number of hydrogen-bond acceptors (Lipinski definition) is 2. The van der Waals surface area contributed by atoms with E-state index >= 15 is 0 Å². The van der Waals surface area contributed by atoms with Gasteiger partial charge in [-0.05, 0) is 36.3 Å². The van der Waals surface area contributed by atoms with Crippen molar-refractivity contribution in [3.63, 3.8) is 0 Å². The van der Waals surface area contributed by atoms with Crippen LogP contribution in [0.4, 0.5) is 0 Å². The SMILES string of the molecule is CC1(C)CCC(CN)(Cc2ccccc2Br)C1O. The summed E-state index contributed by atoms with van der Waals surface area (Å²) in [6.45, 7) is 4.81. The van der Waals surface area contributed by atoms with E-state index in [9.17, 15) is 5.11 Å². The number of benzene rings is 1. The summed E-state index contributed by atoms with van der Waals surface area (Å²) in [7, 11) is 0. The maximum absolute atomic E-state index is 10.6. The quantitative estimate of drug-likeness (QED) is 0.901. The molecule has 3 heteroatoms. The van der Waals surface area contributed by atoms with Crippen LogP contribution in [0.25, 0.3) is 0 Å². The van der Waals surface area contributed by atoms with Crippen LogP contribution in [0.1, 0.15) is 32.3 Å². The molecule has 0 spiro atoms. The predicted octanol–water partition coefficient (Wildman–Crippen LogP) is 3.12. The Bertz CT molecular complexity index is 432. The first-order valence-corrected chi connectivity index (χ1v) is 7.32. The van der Waals surface area contributed by atoms with Crippen molar-refractivity contribution in [3.05, 3.63) is 34.3 Å². The topological polar surface area (TPSA) is 46.2 Å². The lowest BCUT2D eigenvalue weighted by Crippen LogP contribution is -2.44. The Kier molecular flexibility index (Phi) is 3.86. The van der Waals surface area contributed by atoms with Gasteiger partial charge in [-0.1, -0.05) is 48.0 Å². The van der Waals surface area contributed by atoms with Crippen LogP contribution in [0, 0.1) is 10.8 Å². The molecule has 0 radical (unpaired) electrons. The van der Waals surface area contributed by atoms with Crippen LogP contribution in [0.3, 0.4) is 0 Å². The average molecular weight is 312 g/mol. The standard InChI is InChI=1S/C15H22BrNO/c1-14(2)7-8-15(10-17,13(14)18)9-11-5-3-4-6-12(11)16/h3-6,13,18H,7-10,17H2,1-2H3. The van der Waals surface area contributed by atoms with Gasteiger partial charge in [0.25, 0.3) is 0 Å². The number of rotatable bonds is 3. The fourth-order valence-corrected chi connectivity index (χ4v) is 3.59. The van der Waals surface area contributed by atoms with E-state index in [1.54, 1.807) is 0 Å². The van der Waals surface area contributed by atoms with Gasteiger partial charge in [0.2, 0.25) is 0 Å². The monoisotopic (exact) mass is 311 g/mol. The molecule has 1 fully saturated rings. The third kappa shape index (κ3) is 2.36. The molecule has 1 saturated carbocycles. The Morgan fingerprint density at radius 2 is 2.00 bits per heavy atom. The van der Waals surface area contributed by atoms with Gasteiger partial charge < -0.3 is 10.8 Å². The van der Waals surface area contributed by atoms with E-state index in [1.807, 2.05) is 18.2 Å². The predicted molar refractivity (Wildman–Crippen MR) is 78.4 cm³/mol. The molecule has 1 aromatic carbocycles. The number of aliphatic hydroxyl groups is 1. The second-order valence-electron chi connectivity index (χ2n) is 6.23. The molecular weight excluding hydrogens is 290 g/mol. The zero-order chi connectivity index (χ0) is 13.4. The van der Waals surface area contributed by atoms with Gasteiger partial charge in [0, 0.05) is 16.4 Å². The molecule has 100 valence electrons. The Hall–Kier alpha value is -0.380.